The fraction of sp³-hybridized carbons (Fsp3) is 0.333. The van der Waals surface area contributed by atoms with Crippen LogP contribution in [0.15, 0.2) is 34.2 Å². The van der Waals surface area contributed by atoms with Gasteiger partial charge in [-0.25, -0.2) is 15.0 Å². The summed E-state index contributed by atoms with van der Waals surface area (Å²) in [7, 11) is 1.54. The quantitative estimate of drug-likeness (QED) is 0.598. The normalized spacial score (nSPS) is 15.0. The van der Waals surface area contributed by atoms with E-state index < -0.39 is 11.1 Å². The molecule has 142 valence electrons. The first kappa shape index (κ1) is 18.1. The lowest BCUT2D eigenvalue weighted by atomic mass is 10.0. The van der Waals surface area contributed by atoms with Crippen LogP contribution in [0.1, 0.15) is 24.6 Å². The summed E-state index contributed by atoms with van der Waals surface area (Å²) in [6, 6.07) is 3.43. The third-order valence-corrected chi connectivity index (χ3v) is 5.22. The molecule has 0 spiro atoms. The zero-order valence-electron chi connectivity index (χ0n) is 15.0. The molecular formula is C18H16ClN7O2. The summed E-state index contributed by atoms with van der Waals surface area (Å²) >= 11 is 6.02. The van der Waals surface area contributed by atoms with E-state index in [0.717, 1.165) is 0 Å². The van der Waals surface area contributed by atoms with Crippen LogP contribution in [0.25, 0.3) is 11.2 Å². The van der Waals surface area contributed by atoms with Gasteiger partial charge in [0.25, 0.3) is 0 Å². The number of nitriles is 1. The van der Waals surface area contributed by atoms with Crippen molar-refractivity contribution in [1.29, 1.82) is 5.26 Å². The minimum atomic E-state index is -0.600. The summed E-state index contributed by atoms with van der Waals surface area (Å²) in [5.41, 5.74) is 0.0607. The zero-order chi connectivity index (χ0) is 19.8. The summed E-state index contributed by atoms with van der Waals surface area (Å²) < 4.78 is 2.78. The van der Waals surface area contributed by atoms with E-state index in [-0.39, 0.29) is 11.7 Å². The van der Waals surface area contributed by atoms with Crippen molar-refractivity contribution in [2.24, 2.45) is 7.05 Å². The van der Waals surface area contributed by atoms with E-state index in [0.29, 0.717) is 47.9 Å². The third kappa shape index (κ3) is 3.01. The van der Waals surface area contributed by atoms with Gasteiger partial charge in [-0.05, 0) is 18.9 Å². The highest BCUT2D eigenvalue weighted by Crippen LogP contribution is 2.26. The zero-order valence-corrected chi connectivity index (χ0v) is 15.8. The van der Waals surface area contributed by atoms with Crippen LogP contribution in [-0.2, 0) is 7.05 Å². The number of fused-ring (bicyclic) bond motifs is 1. The summed E-state index contributed by atoms with van der Waals surface area (Å²) in [4.78, 5) is 39.8. The molecule has 0 aromatic carbocycles. The molecule has 0 aliphatic carbocycles. The van der Waals surface area contributed by atoms with Crippen molar-refractivity contribution >= 4 is 28.6 Å². The van der Waals surface area contributed by atoms with Crippen LogP contribution in [-0.4, -0.2) is 37.2 Å². The first-order chi connectivity index (χ1) is 13.5. The lowest BCUT2D eigenvalue weighted by molar-refractivity contribution is 0.391. The Labute approximate surface area is 164 Å². The standard InChI is InChI=1S/C18H16ClN7O2/c1-24-14-6-11(19)8-23-16(14)26(18(28)17(24)27)13-2-4-25(5-3-13)15-10-21-12(7-20)9-22-15/h6,8-10,13H,2-5H2,1H3. The number of rotatable bonds is 2. The number of hydrogen-bond acceptors (Lipinski definition) is 7. The first-order valence-corrected chi connectivity index (χ1v) is 9.11. The van der Waals surface area contributed by atoms with Crippen LogP contribution in [0.2, 0.25) is 5.02 Å². The monoisotopic (exact) mass is 397 g/mol. The fourth-order valence-electron chi connectivity index (χ4n) is 3.54. The van der Waals surface area contributed by atoms with Gasteiger partial charge in [0.2, 0.25) is 0 Å². The van der Waals surface area contributed by atoms with Crippen molar-refractivity contribution in [3.05, 3.63) is 56.1 Å². The smallest absolute Gasteiger partial charge is 0.318 e. The highest BCUT2D eigenvalue weighted by Gasteiger charge is 2.25. The van der Waals surface area contributed by atoms with Gasteiger partial charge in [-0.2, -0.15) is 5.26 Å². The molecule has 1 saturated heterocycles. The van der Waals surface area contributed by atoms with Crippen molar-refractivity contribution in [2.75, 3.05) is 18.0 Å². The second kappa shape index (κ2) is 7.05. The van der Waals surface area contributed by atoms with Crippen molar-refractivity contribution in [2.45, 2.75) is 18.9 Å². The number of halogens is 1. The number of anilines is 1. The number of nitrogens with zero attached hydrogens (tertiary/aromatic N) is 7. The van der Waals surface area contributed by atoms with Gasteiger partial charge in [-0.3, -0.25) is 14.2 Å². The molecule has 28 heavy (non-hydrogen) atoms. The molecule has 0 atom stereocenters. The van der Waals surface area contributed by atoms with Gasteiger partial charge in [0.15, 0.2) is 11.3 Å². The second-order valence-corrected chi connectivity index (χ2v) is 7.06. The maximum atomic E-state index is 12.7. The van der Waals surface area contributed by atoms with E-state index >= 15 is 0 Å². The molecule has 1 aliphatic heterocycles. The molecule has 3 aromatic heterocycles. The van der Waals surface area contributed by atoms with Crippen LogP contribution in [0.4, 0.5) is 5.82 Å². The second-order valence-electron chi connectivity index (χ2n) is 6.63. The predicted molar refractivity (Wildman–Crippen MR) is 103 cm³/mol. The molecule has 9 nitrogen and oxygen atoms in total. The maximum Gasteiger partial charge on any atom is 0.318 e. The summed E-state index contributed by atoms with van der Waals surface area (Å²) in [5, 5.41) is 9.24. The van der Waals surface area contributed by atoms with Crippen LogP contribution in [0.3, 0.4) is 0 Å². The Bertz CT molecular complexity index is 1200. The van der Waals surface area contributed by atoms with Gasteiger partial charge in [0.1, 0.15) is 11.9 Å². The van der Waals surface area contributed by atoms with Crippen LogP contribution in [0.5, 0.6) is 0 Å². The van der Waals surface area contributed by atoms with Crippen LogP contribution < -0.4 is 16.0 Å². The Hall–Kier alpha value is -3.25. The van der Waals surface area contributed by atoms with Gasteiger partial charge in [0, 0.05) is 32.4 Å². The lowest BCUT2D eigenvalue weighted by Gasteiger charge is -2.33. The van der Waals surface area contributed by atoms with E-state index in [4.69, 9.17) is 16.9 Å². The summed E-state index contributed by atoms with van der Waals surface area (Å²) in [6.07, 6.45) is 5.78. The first-order valence-electron chi connectivity index (χ1n) is 8.73. The molecule has 4 rings (SSSR count). The van der Waals surface area contributed by atoms with Gasteiger partial charge < -0.3 is 9.47 Å². The van der Waals surface area contributed by atoms with E-state index in [2.05, 4.69) is 15.0 Å². The molecule has 3 aromatic rings. The van der Waals surface area contributed by atoms with Crippen LogP contribution in [0, 0.1) is 11.3 Å². The minimum absolute atomic E-state index is 0.153. The fourth-order valence-corrected chi connectivity index (χ4v) is 3.69. The highest BCUT2D eigenvalue weighted by atomic mass is 35.5. The molecule has 0 N–H and O–H groups in total. The molecule has 10 heteroatoms. The Kier molecular flexibility index (Phi) is 4.57. The number of hydrogen-bond donors (Lipinski definition) is 0. The molecular weight excluding hydrogens is 382 g/mol. The van der Waals surface area contributed by atoms with E-state index in [9.17, 15) is 9.59 Å². The SMILES string of the molecule is Cn1c(=O)c(=O)n(C2CCN(c3cnc(C#N)cn3)CC2)c2ncc(Cl)cc21. The maximum absolute atomic E-state index is 12.7. The molecule has 0 unspecified atom stereocenters. The Morgan fingerprint density at radius 1 is 1.11 bits per heavy atom. The number of aryl methyl sites for hydroxylation is 1. The molecule has 1 fully saturated rings. The Morgan fingerprint density at radius 3 is 2.50 bits per heavy atom. The third-order valence-electron chi connectivity index (χ3n) is 5.02. The van der Waals surface area contributed by atoms with Gasteiger partial charge in [-0.15, -0.1) is 0 Å². The molecule has 0 bridgehead atoms. The van der Waals surface area contributed by atoms with Crippen molar-refractivity contribution in [3.63, 3.8) is 0 Å². The van der Waals surface area contributed by atoms with E-state index in [1.807, 2.05) is 11.0 Å². The van der Waals surface area contributed by atoms with Gasteiger partial charge in [0.05, 0.1) is 22.9 Å². The summed E-state index contributed by atoms with van der Waals surface area (Å²) in [6.45, 7) is 1.28. The number of piperidine rings is 1. The Balaban J connectivity index is 1.66. The van der Waals surface area contributed by atoms with Crippen molar-refractivity contribution in [1.82, 2.24) is 24.1 Å². The topological polar surface area (TPSA) is 110 Å². The highest BCUT2D eigenvalue weighted by molar-refractivity contribution is 6.31. The molecule has 4 heterocycles. The van der Waals surface area contributed by atoms with E-state index in [1.165, 1.54) is 21.5 Å². The molecule has 0 amide bonds. The lowest BCUT2D eigenvalue weighted by Crippen LogP contribution is -2.45. The van der Waals surface area contributed by atoms with Crippen LogP contribution >= 0.6 is 11.6 Å². The average molecular weight is 398 g/mol. The van der Waals surface area contributed by atoms with Gasteiger partial charge in [-0.1, -0.05) is 11.6 Å². The van der Waals surface area contributed by atoms with E-state index in [1.54, 1.807) is 19.3 Å². The van der Waals surface area contributed by atoms with Crippen molar-refractivity contribution < 1.29 is 0 Å². The van der Waals surface area contributed by atoms with Crippen molar-refractivity contribution in [3.8, 4) is 6.07 Å². The Morgan fingerprint density at radius 2 is 1.86 bits per heavy atom. The molecule has 0 radical (unpaired) electrons. The minimum Gasteiger partial charge on any atom is -0.355 e. The summed E-state index contributed by atoms with van der Waals surface area (Å²) in [5.74, 6) is 0.684. The average Bonchev–Trinajstić information content (AvgIpc) is 2.73. The predicted octanol–water partition coefficient (Wildman–Crippen LogP) is 1.25. The number of aromatic nitrogens is 5. The molecule has 1 aliphatic rings. The molecule has 0 saturated carbocycles. The van der Waals surface area contributed by atoms with Gasteiger partial charge >= 0.3 is 11.1 Å². The largest absolute Gasteiger partial charge is 0.355 e. The number of pyridine rings is 1.